The van der Waals surface area contributed by atoms with Gasteiger partial charge in [-0.05, 0) is 76.5 Å². The van der Waals surface area contributed by atoms with Gasteiger partial charge in [0.1, 0.15) is 0 Å². The summed E-state index contributed by atoms with van der Waals surface area (Å²) in [5.41, 5.74) is 2.51. The van der Waals surface area contributed by atoms with Crippen molar-refractivity contribution in [2.75, 3.05) is 36.4 Å². The van der Waals surface area contributed by atoms with Crippen LogP contribution >= 0.6 is 33.9 Å². The topological polar surface area (TPSA) is 52.7 Å². The summed E-state index contributed by atoms with van der Waals surface area (Å²) in [6.45, 7) is 3.01. The fourth-order valence-corrected chi connectivity index (χ4v) is 4.55. The summed E-state index contributed by atoms with van der Waals surface area (Å²) in [4.78, 5) is 29.8. The van der Waals surface area contributed by atoms with Gasteiger partial charge in [0.15, 0.2) is 0 Å². The predicted octanol–water partition coefficient (Wildman–Crippen LogP) is 4.57. The molecule has 3 aromatic rings. The highest BCUT2D eigenvalue weighted by atomic mass is 127. The van der Waals surface area contributed by atoms with Crippen molar-refractivity contribution in [1.29, 1.82) is 0 Å². The number of thiophene rings is 1. The van der Waals surface area contributed by atoms with Crippen LogP contribution in [0, 0.1) is 3.57 Å². The van der Waals surface area contributed by atoms with Crippen LogP contribution in [0.1, 0.15) is 20.0 Å². The van der Waals surface area contributed by atoms with Gasteiger partial charge in [-0.1, -0.05) is 12.1 Å². The minimum Gasteiger partial charge on any atom is -0.368 e. The second kappa shape index (κ2) is 8.96. The Hall–Kier alpha value is -2.39. The van der Waals surface area contributed by atoms with Crippen molar-refractivity contribution >= 4 is 57.1 Å². The monoisotopic (exact) mass is 517 g/mol. The summed E-state index contributed by atoms with van der Waals surface area (Å²) in [6, 6.07) is 19.2. The van der Waals surface area contributed by atoms with Gasteiger partial charge in [0.2, 0.25) is 0 Å². The van der Waals surface area contributed by atoms with E-state index in [0.717, 1.165) is 32.9 Å². The lowest BCUT2D eigenvalue weighted by atomic mass is 10.2. The maximum Gasteiger partial charge on any atom is 0.264 e. The van der Waals surface area contributed by atoms with E-state index in [1.807, 2.05) is 70.9 Å². The van der Waals surface area contributed by atoms with Crippen LogP contribution in [0.15, 0.2) is 66.0 Å². The number of benzene rings is 2. The number of hydrogen-bond donors (Lipinski definition) is 1. The molecule has 1 N–H and O–H groups in total. The molecule has 1 aliphatic heterocycles. The number of halogens is 1. The predicted molar refractivity (Wildman–Crippen MR) is 126 cm³/mol. The van der Waals surface area contributed by atoms with E-state index in [0.29, 0.717) is 18.7 Å². The van der Waals surface area contributed by atoms with Crippen LogP contribution in [-0.4, -0.2) is 42.9 Å². The Labute approximate surface area is 187 Å². The molecule has 29 heavy (non-hydrogen) atoms. The molecule has 0 atom stereocenters. The lowest BCUT2D eigenvalue weighted by Crippen LogP contribution is -2.48. The molecule has 2 aromatic carbocycles. The van der Waals surface area contributed by atoms with Crippen LogP contribution in [-0.2, 0) is 0 Å². The van der Waals surface area contributed by atoms with Gasteiger partial charge < -0.3 is 15.1 Å². The first kappa shape index (κ1) is 19.9. The minimum absolute atomic E-state index is 0.114. The fraction of sp³-hybridized carbons (Fsp3) is 0.182. The highest BCUT2D eigenvalue weighted by Gasteiger charge is 2.22. The number of nitrogens with one attached hydrogen (secondary N) is 1. The first-order valence-corrected chi connectivity index (χ1v) is 11.3. The molecule has 1 saturated heterocycles. The summed E-state index contributed by atoms with van der Waals surface area (Å²) in [5, 5.41) is 4.87. The molecule has 5 nitrogen and oxygen atoms in total. The van der Waals surface area contributed by atoms with Gasteiger partial charge in [0, 0.05) is 46.7 Å². The van der Waals surface area contributed by atoms with Crippen molar-refractivity contribution in [3.05, 3.63) is 80.1 Å². The molecule has 2 amide bonds. The van der Waals surface area contributed by atoms with E-state index in [-0.39, 0.29) is 11.8 Å². The summed E-state index contributed by atoms with van der Waals surface area (Å²) >= 11 is 3.69. The minimum atomic E-state index is -0.114. The lowest BCUT2D eigenvalue weighted by molar-refractivity contribution is 0.0751. The molecular weight excluding hydrogens is 497 g/mol. The highest BCUT2D eigenvalue weighted by Crippen LogP contribution is 2.21. The number of amides is 2. The molecule has 4 rings (SSSR count). The SMILES string of the molecule is O=C(Nc1ccc(N2CCN(C(=O)c3cccs3)CC2)cc1)c1cccc(I)c1. The Morgan fingerprint density at radius 2 is 1.69 bits per heavy atom. The standard InChI is InChI=1S/C22H20IN3O2S/c23-17-4-1-3-16(15-17)21(27)24-18-6-8-19(9-7-18)25-10-12-26(13-11-25)22(28)20-5-2-14-29-20/h1-9,14-15H,10-13H2,(H,24,27). The Morgan fingerprint density at radius 3 is 2.34 bits per heavy atom. The number of rotatable bonds is 4. The second-order valence-electron chi connectivity index (χ2n) is 6.77. The number of anilines is 2. The van der Waals surface area contributed by atoms with Gasteiger partial charge in [-0.25, -0.2) is 0 Å². The molecule has 7 heteroatoms. The maximum absolute atomic E-state index is 12.5. The van der Waals surface area contributed by atoms with E-state index in [1.54, 1.807) is 0 Å². The zero-order chi connectivity index (χ0) is 20.2. The van der Waals surface area contributed by atoms with Gasteiger partial charge in [-0.3, -0.25) is 9.59 Å². The van der Waals surface area contributed by atoms with Crippen LogP contribution in [0.5, 0.6) is 0 Å². The summed E-state index contributed by atoms with van der Waals surface area (Å²) in [7, 11) is 0. The smallest absolute Gasteiger partial charge is 0.264 e. The lowest BCUT2D eigenvalue weighted by Gasteiger charge is -2.36. The van der Waals surface area contributed by atoms with E-state index < -0.39 is 0 Å². The number of nitrogens with zero attached hydrogens (tertiary/aromatic N) is 2. The van der Waals surface area contributed by atoms with Gasteiger partial charge >= 0.3 is 0 Å². The van der Waals surface area contributed by atoms with Crippen molar-refractivity contribution in [1.82, 2.24) is 4.90 Å². The summed E-state index contributed by atoms with van der Waals surface area (Å²) < 4.78 is 1.03. The third kappa shape index (κ3) is 4.79. The normalized spacial score (nSPS) is 14.0. The van der Waals surface area contributed by atoms with E-state index in [4.69, 9.17) is 0 Å². The largest absolute Gasteiger partial charge is 0.368 e. The molecule has 0 bridgehead atoms. The molecule has 0 saturated carbocycles. The number of carbonyl (C=O) groups excluding carboxylic acids is 2. The second-order valence-corrected chi connectivity index (χ2v) is 8.96. The van der Waals surface area contributed by atoms with Crippen LogP contribution in [0.3, 0.4) is 0 Å². The molecule has 2 heterocycles. The Kier molecular flexibility index (Phi) is 6.15. The molecule has 0 unspecified atom stereocenters. The molecule has 0 radical (unpaired) electrons. The molecule has 148 valence electrons. The Bertz CT molecular complexity index is 997. The summed E-state index contributed by atoms with van der Waals surface area (Å²) in [6.07, 6.45) is 0. The molecule has 1 aromatic heterocycles. The third-order valence-corrected chi connectivity index (χ3v) is 6.40. The zero-order valence-corrected chi connectivity index (χ0v) is 18.7. The van der Waals surface area contributed by atoms with Crippen LogP contribution in [0.2, 0.25) is 0 Å². The molecule has 1 fully saturated rings. The van der Waals surface area contributed by atoms with Gasteiger partial charge in [0.25, 0.3) is 11.8 Å². The van der Waals surface area contributed by atoms with Gasteiger partial charge in [0.05, 0.1) is 4.88 Å². The summed E-state index contributed by atoms with van der Waals surface area (Å²) in [5.74, 6) is 0.00486. The van der Waals surface area contributed by atoms with Crippen molar-refractivity contribution in [3.63, 3.8) is 0 Å². The number of piperazine rings is 1. The van der Waals surface area contributed by atoms with Crippen molar-refractivity contribution < 1.29 is 9.59 Å². The molecule has 0 spiro atoms. The van der Waals surface area contributed by atoms with Crippen molar-refractivity contribution in [3.8, 4) is 0 Å². The number of carbonyl (C=O) groups is 2. The average molecular weight is 517 g/mol. The third-order valence-electron chi connectivity index (χ3n) is 4.88. The first-order chi connectivity index (χ1) is 14.1. The van der Waals surface area contributed by atoms with Crippen molar-refractivity contribution in [2.24, 2.45) is 0 Å². The fourth-order valence-electron chi connectivity index (χ4n) is 3.31. The highest BCUT2D eigenvalue weighted by molar-refractivity contribution is 14.1. The van der Waals surface area contributed by atoms with E-state index >= 15 is 0 Å². The Balaban J connectivity index is 1.34. The molecule has 0 aliphatic carbocycles. The van der Waals surface area contributed by atoms with Crippen LogP contribution in [0.4, 0.5) is 11.4 Å². The van der Waals surface area contributed by atoms with E-state index in [9.17, 15) is 9.59 Å². The first-order valence-electron chi connectivity index (χ1n) is 9.35. The average Bonchev–Trinajstić information content (AvgIpc) is 3.29. The maximum atomic E-state index is 12.5. The molecular formula is C22H20IN3O2S. The van der Waals surface area contributed by atoms with Crippen LogP contribution in [0.25, 0.3) is 0 Å². The van der Waals surface area contributed by atoms with E-state index in [1.165, 1.54) is 11.3 Å². The van der Waals surface area contributed by atoms with Gasteiger partial charge in [-0.15, -0.1) is 11.3 Å². The van der Waals surface area contributed by atoms with Crippen molar-refractivity contribution in [2.45, 2.75) is 0 Å². The number of hydrogen-bond acceptors (Lipinski definition) is 4. The Morgan fingerprint density at radius 1 is 0.931 bits per heavy atom. The molecule has 1 aliphatic rings. The zero-order valence-electron chi connectivity index (χ0n) is 15.7. The van der Waals surface area contributed by atoms with Gasteiger partial charge in [-0.2, -0.15) is 0 Å². The van der Waals surface area contributed by atoms with Crippen LogP contribution < -0.4 is 10.2 Å². The van der Waals surface area contributed by atoms with E-state index in [2.05, 4.69) is 32.8 Å². The quantitative estimate of drug-likeness (QED) is 0.517.